The quantitative estimate of drug-likeness (QED) is 0.853. The van der Waals surface area contributed by atoms with Crippen LogP contribution in [0, 0.1) is 6.92 Å². The summed E-state index contributed by atoms with van der Waals surface area (Å²) in [5.41, 5.74) is 8.51. The number of methoxy groups -OCH3 is 1. The molecule has 2 N–H and O–H groups in total. The number of benzene rings is 2. The molecule has 1 unspecified atom stereocenters. The molecule has 0 aromatic heterocycles. The van der Waals surface area contributed by atoms with Crippen molar-refractivity contribution in [2.24, 2.45) is 0 Å². The number of halogens is 1. The summed E-state index contributed by atoms with van der Waals surface area (Å²) in [5.74, 6) is 1.14. The van der Waals surface area contributed by atoms with E-state index in [1.54, 1.807) is 7.11 Å². The van der Waals surface area contributed by atoms with Gasteiger partial charge in [-0.1, -0.05) is 22.0 Å². The van der Waals surface area contributed by atoms with Gasteiger partial charge in [-0.25, -0.2) is 0 Å². The van der Waals surface area contributed by atoms with Crippen molar-refractivity contribution in [3.05, 3.63) is 52.0 Å². The molecule has 3 nitrogen and oxygen atoms in total. The second-order valence-corrected chi connectivity index (χ2v) is 6.76. The number of ether oxygens (including phenoxy) is 1. The van der Waals surface area contributed by atoms with E-state index in [4.69, 9.17) is 10.5 Å². The molecule has 0 aliphatic carbocycles. The largest absolute Gasteiger partial charge is 0.497 e. The maximum Gasteiger partial charge on any atom is 0.119 e. The van der Waals surface area contributed by atoms with Crippen LogP contribution in [0.15, 0.2) is 45.8 Å². The maximum atomic E-state index is 12.5. The number of hydrogen-bond donors (Lipinski definition) is 1. The normalized spacial score (nSPS) is 12.2. The van der Waals surface area contributed by atoms with Gasteiger partial charge in [-0.05, 0) is 48.4 Å². The van der Waals surface area contributed by atoms with Crippen LogP contribution in [0.3, 0.4) is 0 Å². The van der Waals surface area contributed by atoms with Gasteiger partial charge in [-0.2, -0.15) is 0 Å². The van der Waals surface area contributed by atoms with Gasteiger partial charge < -0.3 is 10.5 Å². The van der Waals surface area contributed by atoms with Gasteiger partial charge in [0.15, 0.2) is 0 Å². The predicted molar refractivity (Wildman–Crippen MR) is 86.4 cm³/mol. The van der Waals surface area contributed by atoms with E-state index in [-0.39, 0.29) is 0 Å². The lowest BCUT2D eigenvalue weighted by molar-refractivity contribution is 0.414. The smallest absolute Gasteiger partial charge is 0.119 e. The maximum absolute atomic E-state index is 12.5. The Kier molecular flexibility index (Phi) is 4.83. The van der Waals surface area contributed by atoms with Crippen LogP contribution in [0.25, 0.3) is 0 Å². The Labute approximate surface area is 129 Å². The summed E-state index contributed by atoms with van der Waals surface area (Å²) >= 11 is 3.47. The van der Waals surface area contributed by atoms with Crippen LogP contribution in [0.4, 0.5) is 5.69 Å². The van der Waals surface area contributed by atoms with Crippen molar-refractivity contribution in [1.82, 2.24) is 0 Å². The molecule has 0 amide bonds. The second-order valence-electron chi connectivity index (χ2n) is 4.49. The number of rotatable bonds is 4. The molecule has 0 aliphatic rings. The Morgan fingerprint density at radius 3 is 2.65 bits per heavy atom. The molecule has 0 bridgehead atoms. The Hall–Kier alpha value is -1.33. The van der Waals surface area contributed by atoms with Crippen molar-refractivity contribution in [1.29, 1.82) is 0 Å². The molecular formula is C15H16BrNO2S. The Morgan fingerprint density at radius 2 is 2.00 bits per heavy atom. The third-order valence-corrected chi connectivity index (χ3v) is 5.16. The van der Waals surface area contributed by atoms with Crippen molar-refractivity contribution < 1.29 is 8.95 Å². The van der Waals surface area contributed by atoms with E-state index in [0.717, 1.165) is 21.3 Å². The van der Waals surface area contributed by atoms with Gasteiger partial charge in [-0.3, -0.25) is 4.21 Å². The fourth-order valence-electron chi connectivity index (χ4n) is 1.88. The molecule has 2 aromatic rings. The van der Waals surface area contributed by atoms with Crippen LogP contribution in [0.1, 0.15) is 11.1 Å². The fourth-order valence-corrected chi connectivity index (χ4v) is 3.67. The number of anilines is 1. The average molecular weight is 354 g/mol. The fraction of sp³-hybridized carbons (Fsp3) is 0.200. The zero-order chi connectivity index (χ0) is 14.7. The van der Waals surface area contributed by atoms with E-state index in [1.165, 1.54) is 0 Å². The molecule has 2 rings (SSSR count). The molecule has 20 heavy (non-hydrogen) atoms. The lowest BCUT2D eigenvalue weighted by atomic mass is 10.2. The molecule has 0 saturated heterocycles. The van der Waals surface area contributed by atoms with E-state index in [0.29, 0.717) is 16.3 Å². The molecule has 0 radical (unpaired) electrons. The molecule has 106 valence electrons. The summed E-state index contributed by atoms with van der Waals surface area (Å²) < 4.78 is 18.6. The monoisotopic (exact) mass is 353 g/mol. The summed E-state index contributed by atoms with van der Waals surface area (Å²) in [6.07, 6.45) is 0. The molecule has 0 saturated carbocycles. The zero-order valence-electron chi connectivity index (χ0n) is 11.4. The van der Waals surface area contributed by atoms with Crippen LogP contribution in [0.2, 0.25) is 0 Å². The lowest BCUT2D eigenvalue weighted by Crippen LogP contribution is -2.02. The van der Waals surface area contributed by atoms with E-state index >= 15 is 0 Å². The van der Waals surface area contributed by atoms with Gasteiger partial charge in [0, 0.05) is 10.2 Å². The summed E-state index contributed by atoms with van der Waals surface area (Å²) in [4.78, 5) is 0.672. The van der Waals surface area contributed by atoms with Gasteiger partial charge in [0.1, 0.15) is 5.75 Å². The minimum atomic E-state index is -1.19. The Bertz CT molecular complexity index is 658. The van der Waals surface area contributed by atoms with Gasteiger partial charge in [0.25, 0.3) is 0 Å². The average Bonchev–Trinajstić information content (AvgIpc) is 2.41. The minimum absolute atomic E-state index is 0.394. The zero-order valence-corrected chi connectivity index (χ0v) is 13.8. The molecule has 0 heterocycles. The van der Waals surface area contributed by atoms with Gasteiger partial charge in [0.2, 0.25) is 0 Å². The highest BCUT2D eigenvalue weighted by atomic mass is 79.9. The number of aryl methyl sites for hydroxylation is 1. The van der Waals surface area contributed by atoms with E-state index in [1.807, 2.05) is 43.3 Å². The van der Waals surface area contributed by atoms with Crippen molar-refractivity contribution in [3.63, 3.8) is 0 Å². The molecule has 0 spiro atoms. The first-order chi connectivity index (χ1) is 9.51. The molecular weight excluding hydrogens is 338 g/mol. The second kappa shape index (κ2) is 6.41. The van der Waals surface area contributed by atoms with Crippen LogP contribution in [0.5, 0.6) is 5.75 Å². The molecule has 0 aliphatic heterocycles. The number of nitrogen functional groups attached to an aromatic ring is 1. The van der Waals surface area contributed by atoms with Crippen molar-refractivity contribution in [3.8, 4) is 5.75 Å². The lowest BCUT2D eigenvalue weighted by Gasteiger charge is -2.09. The van der Waals surface area contributed by atoms with Crippen molar-refractivity contribution in [2.75, 3.05) is 12.8 Å². The third kappa shape index (κ3) is 3.41. The molecule has 1 atom stereocenters. The van der Waals surface area contributed by atoms with Crippen molar-refractivity contribution >= 4 is 32.4 Å². The predicted octanol–water partition coefficient (Wildman–Crippen LogP) is 3.66. The SMILES string of the molecule is COc1ccc(Br)c(CS(=O)c2ccc(C)cc2N)c1. The first kappa shape index (κ1) is 15.1. The minimum Gasteiger partial charge on any atom is -0.497 e. The summed E-state index contributed by atoms with van der Waals surface area (Å²) in [6, 6.07) is 11.2. The van der Waals surface area contributed by atoms with Crippen LogP contribution < -0.4 is 10.5 Å². The van der Waals surface area contributed by atoms with Gasteiger partial charge >= 0.3 is 0 Å². The van der Waals surface area contributed by atoms with E-state index in [9.17, 15) is 4.21 Å². The summed E-state index contributed by atoms with van der Waals surface area (Å²) in [5, 5.41) is 0. The van der Waals surface area contributed by atoms with Crippen LogP contribution >= 0.6 is 15.9 Å². The van der Waals surface area contributed by atoms with Crippen LogP contribution in [-0.2, 0) is 16.6 Å². The molecule has 5 heteroatoms. The first-order valence-corrected chi connectivity index (χ1v) is 8.19. The standard InChI is InChI=1S/C15H16BrNO2S/c1-10-3-6-15(14(17)7-10)20(18)9-11-8-12(19-2)4-5-13(11)16/h3-8H,9,17H2,1-2H3. The highest BCUT2D eigenvalue weighted by Gasteiger charge is 2.12. The Balaban J connectivity index is 2.27. The number of nitrogens with two attached hydrogens (primary N) is 1. The highest BCUT2D eigenvalue weighted by Crippen LogP contribution is 2.27. The Morgan fingerprint density at radius 1 is 1.25 bits per heavy atom. The van der Waals surface area contributed by atoms with Gasteiger partial charge in [-0.15, -0.1) is 0 Å². The summed E-state index contributed by atoms with van der Waals surface area (Å²) in [6.45, 7) is 1.96. The van der Waals surface area contributed by atoms with Gasteiger partial charge in [0.05, 0.1) is 28.6 Å². The first-order valence-electron chi connectivity index (χ1n) is 6.08. The van der Waals surface area contributed by atoms with Crippen LogP contribution in [-0.4, -0.2) is 11.3 Å². The molecule has 0 fully saturated rings. The number of hydrogen-bond acceptors (Lipinski definition) is 3. The van der Waals surface area contributed by atoms with Crippen molar-refractivity contribution in [2.45, 2.75) is 17.6 Å². The van der Waals surface area contributed by atoms with E-state index < -0.39 is 10.8 Å². The summed E-state index contributed by atoms with van der Waals surface area (Å²) in [7, 11) is 0.428. The van der Waals surface area contributed by atoms with E-state index in [2.05, 4.69) is 15.9 Å². The molecule has 2 aromatic carbocycles. The highest BCUT2D eigenvalue weighted by molar-refractivity contribution is 9.10. The topological polar surface area (TPSA) is 52.3 Å². The third-order valence-electron chi connectivity index (χ3n) is 2.95.